The van der Waals surface area contributed by atoms with Crippen LogP contribution in [-0.2, 0) is 9.59 Å². The molecule has 1 saturated heterocycles. The Balaban J connectivity index is 2.44. The molecule has 4 nitrogen and oxygen atoms in total. The number of aliphatic carboxylic acids is 1. The van der Waals surface area contributed by atoms with Crippen molar-refractivity contribution in [1.82, 2.24) is 4.90 Å². The van der Waals surface area contributed by atoms with Crippen LogP contribution in [0.15, 0.2) is 0 Å². The zero-order valence-corrected chi connectivity index (χ0v) is 9.68. The van der Waals surface area contributed by atoms with Gasteiger partial charge in [-0.3, -0.25) is 9.59 Å². The van der Waals surface area contributed by atoms with E-state index in [-0.39, 0.29) is 6.54 Å². The lowest BCUT2D eigenvalue weighted by molar-refractivity contribution is -0.145. The molecule has 0 bridgehead atoms. The maximum absolute atomic E-state index is 11.9. The quantitative estimate of drug-likeness (QED) is 0.846. The Morgan fingerprint density at radius 3 is 2.59 bits per heavy atom. The van der Waals surface area contributed by atoms with Crippen LogP contribution in [0.4, 0.5) is 13.2 Å². The van der Waals surface area contributed by atoms with Gasteiger partial charge in [0.2, 0.25) is 5.91 Å². The highest BCUT2D eigenvalue weighted by Gasteiger charge is 2.32. The van der Waals surface area contributed by atoms with Gasteiger partial charge >= 0.3 is 11.5 Å². The van der Waals surface area contributed by atoms with E-state index >= 15 is 0 Å². The summed E-state index contributed by atoms with van der Waals surface area (Å²) in [6.45, 7) is 0.341. The number of halogens is 3. The van der Waals surface area contributed by atoms with Gasteiger partial charge in [-0.25, -0.2) is 0 Å². The number of carboxylic acids is 1. The number of carboxylic acid groups (broad SMARTS) is 1. The number of rotatable bonds is 3. The molecule has 1 aliphatic heterocycles. The van der Waals surface area contributed by atoms with E-state index in [1.807, 2.05) is 0 Å². The van der Waals surface area contributed by atoms with Crippen molar-refractivity contribution in [3.8, 4) is 0 Å². The Morgan fingerprint density at radius 1 is 1.41 bits per heavy atom. The molecule has 0 spiro atoms. The van der Waals surface area contributed by atoms with E-state index in [0.717, 1.165) is 0 Å². The molecule has 0 aromatic rings. The molecule has 1 fully saturated rings. The number of alkyl halides is 3. The van der Waals surface area contributed by atoms with Gasteiger partial charge in [-0.15, -0.1) is 0 Å². The van der Waals surface area contributed by atoms with Gasteiger partial charge in [0.1, 0.15) is 0 Å². The van der Waals surface area contributed by atoms with Gasteiger partial charge in [-0.05, 0) is 24.6 Å². The summed E-state index contributed by atoms with van der Waals surface area (Å²) >= 11 is -0.394. The van der Waals surface area contributed by atoms with Gasteiger partial charge in [0.05, 0.1) is 11.7 Å². The highest BCUT2D eigenvalue weighted by Crippen LogP contribution is 2.30. The van der Waals surface area contributed by atoms with Crippen molar-refractivity contribution < 1.29 is 27.9 Å². The minimum absolute atomic E-state index is 0.00653. The van der Waals surface area contributed by atoms with Crippen LogP contribution in [0.1, 0.15) is 12.8 Å². The Labute approximate surface area is 100 Å². The molecule has 1 amide bonds. The standard InChI is InChI=1S/C9H12F3NO3S/c10-9(11,12)17-5-7(14)13-3-1-2-6(4-13)8(15)16/h6H,1-5H2,(H,15,16)/t6-/m0/s1. The number of likely N-dealkylation sites (tertiary alicyclic amines) is 1. The molecular weight excluding hydrogens is 259 g/mol. The van der Waals surface area contributed by atoms with Gasteiger partial charge in [0.25, 0.3) is 0 Å². The number of amides is 1. The van der Waals surface area contributed by atoms with Crippen molar-refractivity contribution in [3.05, 3.63) is 0 Å². The van der Waals surface area contributed by atoms with Crippen LogP contribution in [0.25, 0.3) is 0 Å². The van der Waals surface area contributed by atoms with Gasteiger partial charge < -0.3 is 10.0 Å². The molecule has 0 aliphatic carbocycles. The summed E-state index contributed by atoms with van der Waals surface area (Å²) in [4.78, 5) is 23.3. The molecule has 0 unspecified atom stereocenters. The largest absolute Gasteiger partial charge is 0.481 e. The van der Waals surface area contributed by atoms with Crippen molar-refractivity contribution >= 4 is 23.6 Å². The highest BCUT2D eigenvalue weighted by atomic mass is 32.2. The third kappa shape index (κ3) is 4.84. The average molecular weight is 271 g/mol. The van der Waals surface area contributed by atoms with Crippen molar-refractivity contribution in [1.29, 1.82) is 0 Å². The van der Waals surface area contributed by atoms with Crippen molar-refractivity contribution in [2.45, 2.75) is 18.3 Å². The van der Waals surface area contributed by atoms with Crippen LogP contribution in [-0.4, -0.2) is 46.2 Å². The fourth-order valence-corrected chi connectivity index (χ4v) is 2.11. The first kappa shape index (κ1) is 14.1. The molecule has 0 aromatic heterocycles. The van der Waals surface area contributed by atoms with E-state index in [4.69, 9.17) is 5.11 Å². The second-order valence-corrected chi connectivity index (χ2v) is 4.79. The first-order valence-corrected chi connectivity index (χ1v) is 5.99. The van der Waals surface area contributed by atoms with E-state index in [1.54, 1.807) is 0 Å². The van der Waals surface area contributed by atoms with Crippen LogP contribution in [0.3, 0.4) is 0 Å². The third-order valence-corrected chi connectivity index (χ3v) is 3.20. The summed E-state index contributed by atoms with van der Waals surface area (Å²) in [5, 5.41) is 8.77. The highest BCUT2D eigenvalue weighted by molar-refractivity contribution is 8.00. The predicted octanol–water partition coefficient (Wildman–Crippen LogP) is 1.56. The number of piperidine rings is 1. The second kappa shape index (κ2) is 5.61. The fourth-order valence-electron chi connectivity index (χ4n) is 1.64. The zero-order chi connectivity index (χ0) is 13.1. The molecular formula is C9H12F3NO3S. The van der Waals surface area contributed by atoms with Crippen molar-refractivity contribution in [2.75, 3.05) is 18.8 Å². The summed E-state index contributed by atoms with van der Waals surface area (Å²) < 4.78 is 35.7. The smallest absolute Gasteiger partial charge is 0.442 e. The Kier molecular flexibility index (Phi) is 4.67. The minimum atomic E-state index is -4.43. The number of carbonyl (C=O) groups excluding carboxylic acids is 1. The Bertz CT molecular complexity index is 308. The molecule has 1 N–H and O–H groups in total. The van der Waals surface area contributed by atoms with Crippen molar-refractivity contribution in [3.63, 3.8) is 0 Å². The van der Waals surface area contributed by atoms with E-state index in [0.29, 0.717) is 19.4 Å². The molecule has 0 aromatic carbocycles. The van der Waals surface area contributed by atoms with Crippen molar-refractivity contribution in [2.24, 2.45) is 5.92 Å². The lowest BCUT2D eigenvalue weighted by atomic mass is 9.98. The summed E-state index contributed by atoms with van der Waals surface area (Å²) in [5.74, 6) is -3.01. The minimum Gasteiger partial charge on any atom is -0.481 e. The lowest BCUT2D eigenvalue weighted by Gasteiger charge is -2.30. The second-order valence-electron chi connectivity index (χ2n) is 3.75. The number of hydrogen-bond donors (Lipinski definition) is 1. The molecule has 1 atom stereocenters. The molecule has 1 heterocycles. The summed E-state index contributed by atoms with van der Waals surface area (Å²) in [5.41, 5.74) is -4.43. The SMILES string of the molecule is O=C(O)[C@H]1CCCN(C(=O)CSC(F)(F)F)C1. The maximum atomic E-state index is 11.9. The maximum Gasteiger partial charge on any atom is 0.442 e. The fraction of sp³-hybridized carbons (Fsp3) is 0.778. The number of thioether (sulfide) groups is 1. The van der Waals surface area contributed by atoms with E-state index in [9.17, 15) is 22.8 Å². The van der Waals surface area contributed by atoms with Crippen LogP contribution >= 0.6 is 11.8 Å². The molecule has 17 heavy (non-hydrogen) atoms. The summed E-state index contributed by atoms with van der Waals surface area (Å²) in [6, 6.07) is 0. The normalized spacial score (nSPS) is 21.4. The Morgan fingerprint density at radius 2 is 2.06 bits per heavy atom. The number of carbonyl (C=O) groups is 2. The number of hydrogen-bond acceptors (Lipinski definition) is 3. The van der Waals surface area contributed by atoms with Gasteiger partial charge in [0, 0.05) is 13.1 Å². The summed E-state index contributed by atoms with van der Waals surface area (Å²) in [7, 11) is 0. The molecule has 98 valence electrons. The van der Waals surface area contributed by atoms with Gasteiger partial charge in [-0.2, -0.15) is 13.2 Å². The van der Waals surface area contributed by atoms with E-state index in [2.05, 4.69) is 0 Å². The first-order valence-electron chi connectivity index (χ1n) is 5.01. The van der Waals surface area contributed by atoms with Gasteiger partial charge in [0.15, 0.2) is 0 Å². The lowest BCUT2D eigenvalue weighted by Crippen LogP contribution is -2.43. The van der Waals surface area contributed by atoms with E-state index in [1.165, 1.54) is 4.90 Å². The van der Waals surface area contributed by atoms with Gasteiger partial charge in [-0.1, -0.05) is 0 Å². The summed E-state index contributed by atoms with van der Waals surface area (Å²) in [6.07, 6.45) is 0.977. The average Bonchev–Trinajstić information content (AvgIpc) is 2.25. The van der Waals surface area contributed by atoms with Crippen LogP contribution < -0.4 is 0 Å². The van der Waals surface area contributed by atoms with Crippen LogP contribution in [0, 0.1) is 5.92 Å². The topological polar surface area (TPSA) is 57.6 Å². The molecule has 0 radical (unpaired) electrons. The molecule has 0 saturated carbocycles. The molecule has 1 aliphatic rings. The Hall–Kier alpha value is -0.920. The predicted molar refractivity (Wildman–Crippen MR) is 55.5 cm³/mol. The number of nitrogens with zero attached hydrogens (tertiary/aromatic N) is 1. The monoisotopic (exact) mass is 271 g/mol. The first-order chi connectivity index (χ1) is 7.79. The third-order valence-electron chi connectivity index (χ3n) is 2.48. The van der Waals surface area contributed by atoms with Crippen LogP contribution in [0.5, 0.6) is 0 Å². The van der Waals surface area contributed by atoms with E-state index < -0.39 is 40.8 Å². The molecule has 1 rings (SSSR count). The molecule has 8 heteroatoms. The van der Waals surface area contributed by atoms with Crippen LogP contribution in [0.2, 0.25) is 0 Å². The zero-order valence-electron chi connectivity index (χ0n) is 8.87.